The lowest BCUT2D eigenvalue weighted by molar-refractivity contribution is 0.488. The van der Waals surface area contributed by atoms with Crippen LogP contribution >= 0.6 is 23.3 Å². The molecule has 1 fully saturated rings. The van der Waals surface area contributed by atoms with Crippen molar-refractivity contribution in [1.29, 1.82) is 0 Å². The van der Waals surface area contributed by atoms with Gasteiger partial charge in [-0.05, 0) is 18.8 Å². The summed E-state index contributed by atoms with van der Waals surface area (Å²) in [5, 5.41) is 3.91. The number of hydrogen-bond acceptors (Lipinski definition) is 4. The van der Waals surface area contributed by atoms with E-state index in [0.717, 1.165) is 23.5 Å². The summed E-state index contributed by atoms with van der Waals surface area (Å²) in [6, 6.07) is 0.543. The molecule has 0 radical (unpaired) electrons. The van der Waals surface area contributed by atoms with E-state index in [0.29, 0.717) is 11.2 Å². The molecule has 0 aromatic carbocycles. The second-order valence-electron chi connectivity index (χ2n) is 3.75. The van der Waals surface area contributed by atoms with Gasteiger partial charge in [-0.3, -0.25) is 0 Å². The third-order valence-electron chi connectivity index (χ3n) is 2.95. The van der Waals surface area contributed by atoms with Crippen molar-refractivity contribution in [3.05, 3.63) is 5.15 Å². The Morgan fingerprint density at radius 1 is 1.50 bits per heavy atom. The molecule has 78 valence electrons. The third-order valence-corrected chi connectivity index (χ3v) is 3.85. The molecule has 0 aliphatic heterocycles. The van der Waals surface area contributed by atoms with Crippen molar-refractivity contribution in [3.8, 4) is 0 Å². The Hall–Kier alpha value is -0.350. The first-order valence-electron chi connectivity index (χ1n) is 5.06. The summed E-state index contributed by atoms with van der Waals surface area (Å²) in [6.45, 7) is 2.24. The maximum absolute atomic E-state index is 5.88. The molecule has 1 aromatic rings. The highest BCUT2D eigenvalue weighted by molar-refractivity contribution is 6.99. The van der Waals surface area contributed by atoms with Crippen molar-refractivity contribution in [3.63, 3.8) is 0 Å². The summed E-state index contributed by atoms with van der Waals surface area (Å²) in [4.78, 5) is 0. The lowest BCUT2D eigenvalue weighted by atomic mass is 10.0. The van der Waals surface area contributed by atoms with Gasteiger partial charge in [-0.15, -0.1) is 0 Å². The minimum Gasteiger partial charge on any atom is -0.364 e. The first-order valence-corrected chi connectivity index (χ1v) is 6.16. The van der Waals surface area contributed by atoms with Gasteiger partial charge in [-0.1, -0.05) is 31.4 Å². The molecule has 1 saturated carbocycles. The molecule has 14 heavy (non-hydrogen) atoms. The van der Waals surface area contributed by atoms with Crippen LogP contribution in [0.3, 0.4) is 0 Å². The smallest absolute Gasteiger partial charge is 0.186 e. The Morgan fingerprint density at radius 2 is 2.36 bits per heavy atom. The molecule has 0 bridgehead atoms. The maximum atomic E-state index is 5.88. The van der Waals surface area contributed by atoms with E-state index < -0.39 is 0 Å². The van der Waals surface area contributed by atoms with Crippen molar-refractivity contribution in [2.75, 3.05) is 5.32 Å². The Balaban J connectivity index is 2.00. The SMILES string of the molecule is CCC1CCCC1Nc1nsnc1Cl. The Morgan fingerprint density at radius 3 is 3.00 bits per heavy atom. The van der Waals surface area contributed by atoms with E-state index in [1.807, 2.05) is 0 Å². The van der Waals surface area contributed by atoms with E-state index in [1.54, 1.807) is 0 Å². The van der Waals surface area contributed by atoms with Crippen LogP contribution in [0.25, 0.3) is 0 Å². The number of nitrogens with one attached hydrogen (secondary N) is 1. The molecule has 2 unspecified atom stereocenters. The predicted octanol–water partition coefficient (Wildman–Crippen LogP) is 3.18. The first kappa shape index (κ1) is 10.2. The van der Waals surface area contributed by atoms with Crippen LogP contribution in [0, 0.1) is 5.92 Å². The highest BCUT2D eigenvalue weighted by Gasteiger charge is 2.26. The number of anilines is 1. The molecular weight excluding hydrogens is 218 g/mol. The fourth-order valence-corrected chi connectivity index (χ4v) is 2.81. The second-order valence-corrected chi connectivity index (χ2v) is 4.64. The van der Waals surface area contributed by atoms with Gasteiger partial charge in [0.2, 0.25) is 0 Å². The van der Waals surface area contributed by atoms with Crippen molar-refractivity contribution in [1.82, 2.24) is 8.75 Å². The topological polar surface area (TPSA) is 37.8 Å². The van der Waals surface area contributed by atoms with E-state index >= 15 is 0 Å². The lowest BCUT2D eigenvalue weighted by Gasteiger charge is -2.18. The second kappa shape index (κ2) is 4.45. The number of nitrogens with zero attached hydrogens (tertiary/aromatic N) is 2. The molecule has 1 heterocycles. The Kier molecular flexibility index (Phi) is 3.23. The van der Waals surface area contributed by atoms with Crippen molar-refractivity contribution in [2.45, 2.75) is 38.6 Å². The molecule has 1 aliphatic rings. The molecule has 1 N–H and O–H groups in total. The van der Waals surface area contributed by atoms with Crippen LogP contribution in [-0.2, 0) is 0 Å². The molecule has 0 amide bonds. The Bertz CT molecular complexity index is 302. The van der Waals surface area contributed by atoms with Crippen molar-refractivity contribution in [2.24, 2.45) is 5.92 Å². The van der Waals surface area contributed by atoms with Gasteiger partial charge >= 0.3 is 0 Å². The van der Waals surface area contributed by atoms with E-state index in [1.165, 1.54) is 25.7 Å². The fourth-order valence-electron chi connectivity index (χ4n) is 2.15. The molecule has 1 aromatic heterocycles. The number of rotatable bonds is 3. The Labute approximate surface area is 93.2 Å². The van der Waals surface area contributed by atoms with Gasteiger partial charge in [0.05, 0.1) is 11.7 Å². The van der Waals surface area contributed by atoms with Crippen LogP contribution in [0.15, 0.2) is 0 Å². The van der Waals surface area contributed by atoms with Crippen molar-refractivity contribution >= 4 is 29.1 Å². The molecule has 2 atom stereocenters. The van der Waals surface area contributed by atoms with Crippen LogP contribution in [-0.4, -0.2) is 14.8 Å². The predicted molar refractivity (Wildman–Crippen MR) is 60.0 cm³/mol. The van der Waals surface area contributed by atoms with E-state index in [9.17, 15) is 0 Å². The monoisotopic (exact) mass is 231 g/mol. The highest BCUT2D eigenvalue weighted by Crippen LogP contribution is 2.31. The third kappa shape index (κ3) is 2.01. The van der Waals surface area contributed by atoms with Crippen LogP contribution in [0.5, 0.6) is 0 Å². The zero-order valence-electron chi connectivity index (χ0n) is 8.16. The quantitative estimate of drug-likeness (QED) is 0.868. The standard InChI is InChI=1S/C9H14ClN3S/c1-2-6-4-3-5-7(6)11-9-8(10)12-14-13-9/h6-7H,2-5H2,1H3,(H,11,13). The minimum atomic E-state index is 0.511. The maximum Gasteiger partial charge on any atom is 0.186 e. The summed E-state index contributed by atoms with van der Waals surface area (Å²) in [6.07, 6.45) is 5.09. The lowest BCUT2D eigenvalue weighted by Crippen LogP contribution is -2.23. The molecule has 3 nitrogen and oxygen atoms in total. The first-order chi connectivity index (χ1) is 6.81. The molecule has 0 spiro atoms. The van der Waals surface area contributed by atoms with Crippen LogP contribution in [0.1, 0.15) is 32.6 Å². The molecular formula is C9H14ClN3S. The van der Waals surface area contributed by atoms with Gasteiger partial charge in [0, 0.05) is 6.04 Å². The van der Waals surface area contributed by atoms with Crippen LogP contribution in [0.2, 0.25) is 5.15 Å². The van der Waals surface area contributed by atoms with Crippen LogP contribution < -0.4 is 5.32 Å². The zero-order chi connectivity index (χ0) is 9.97. The minimum absolute atomic E-state index is 0.511. The largest absolute Gasteiger partial charge is 0.364 e. The summed E-state index contributed by atoms with van der Waals surface area (Å²) in [7, 11) is 0. The number of aromatic nitrogens is 2. The van der Waals surface area contributed by atoms with Gasteiger partial charge in [-0.25, -0.2) is 0 Å². The van der Waals surface area contributed by atoms with Gasteiger partial charge in [0.15, 0.2) is 11.0 Å². The summed E-state index contributed by atoms with van der Waals surface area (Å²) in [5.74, 6) is 1.54. The summed E-state index contributed by atoms with van der Waals surface area (Å²) in [5.41, 5.74) is 0. The van der Waals surface area contributed by atoms with Gasteiger partial charge in [0.1, 0.15) is 0 Å². The normalized spacial score (nSPS) is 26.7. The zero-order valence-corrected chi connectivity index (χ0v) is 9.74. The van der Waals surface area contributed by atoms with Gasteiger partial charge < -0.3 is 5.32 Å². The summed E-state index contributed by atoms with van der Waals surface area (Å²) >= 11 is 7.05. The van der Waals surface area contributed by atoms with Gasteiger partial charge in [0.25, 0.3) is 0 Å². The number of halogens is 1. The highest BCUT2D eigenvalue weighted by atomic mass is 35.5. The van der Waals surface area contributed by atoms with Crippen molar-refractivity contribution < 1.29 is 0 Å². The average molecular weight is 232 g/mol. The van der Waals surface area contributed by atoms with Gasteiger partial charge in [-0.2, -0.15) is 8.75 Å². The number of hydrogen-bond donors (Lipinski definition) is 1. The van der Waals surface area contributed by atoms with E-state index in [4.69, 9.17) is 11.6 Å². The van der Waals surface area contributed by atoms with Crippen LogP contribution in [0.4, 0.5) is 5.82 Å². The average Bonchev–Trinajstić information content (AvgIpc) is 2.77. The molecule has 2 rings (SSSR count). The molecule has 0 saturated heterocycles. The summed E-state index contributed by atoms with van der Waals surface area (Å²) < 4.78 is 8.08. The van der Waals surface area contributed by atoms with E-state index in [-0.39, 0.29) is 0 Å². The fraction of sp³-hybridized carbons (Fsp3) is 0.778. The molecule has 5 heteroatoms. The molecule has 1 aliphatic carbocycles. The van der Waals surface area contributed by atoms with E-state index in [2.05, 4.69) is 21.0 Å².